The van der Waals surface area contributed by atoms with Crippen molar-refractivity contribution >= 4 is 18.6 Å². The Kier molecular flexibility index (Phi) is 6.22. The van der Waals surface area contributed by atoms with E-state index in [4.69, 9.17) is 4.74 Å². The molecular formula is C15H19NO2S. The van der Waals surface area contributed by atoms with Crippen molar-refractivity contribution in [3.63, 3.8) is 0 Å². The van der Waals surface area contributed by atoms with E-state index in [2.05, 4.69) is 31.4 Å². The van der Waals surface area contributed by atoms with Gasteiger partial charge in [0, 0.05) is 23.2 Å². The van der Waals surface area contributed by atoms with Gasteiger partial charge in [-0.25, -0.2) is 4.79 Å². The van der Waals surface area contributed by atoms with E-state index in [-0.39, 0.29) is 0 Å². The number of hydrogen-bond acceptors (Lipinski definition) is 4. The van der Waals surface area contributed by atoms with Crippen LogP contribution in [0, 0.1) is 0 Å². The molecule has 19 heavy (non-hydrogen) atoms. The molecule has 0 aliphatic carbocycles. The van der Waals surface area contributed by atoms with Crippen molar-refractivity contribution in [1.29, 1.82) is 0 Å². The third-order valence-electron chi connectivity index (χ3n) is 2.50. The summed E-state index contributed by atoms with van der Waals surface area (Å²) in [7, 11) is 0. The highest BCUT2D eigenvalue weighted by Gasteiger charge is 2.06. The third-order valence-corrected chi connectivity index (χ3v) is 2.85. The van der Waals surface area contributed by atoms with Crippen LogP contribution in [0.4, 0.5) is 0 Å². The van der Waals surface area contributed by atoms with Gasteiger partial charge in [-0.2, -0.15) is 0 Å². The largest absolute Gasteiger partial charge is 0.422 e. The van der Waals surface area contributed by atoms with E-state index in [1.165, 1.54) is 6.08 Å². The lowest BCUT2D eigenvalue weighted by Crippen LogP contribution is -2.14. The Morgan fingerprint density at radius 3 is 2.84 bits per heavy atom. The molecule has 0 atom stereocenters. The molecule has 0 amide bonds. The van der Waals surface area contributed by atoms with Crippen LogP contribution < -0.4 is 10.1 Å². The summed E-state index contributed by atoms with van der Waals surface area (Å²) in [6.07, 6.45) is 4.05. The number of thiol groups is 1. The predicted octanol–water partition coefficient (Wildman–Crippen LogP) is 3.12. The minimum absolute atomic E-state index is 0.423. The second kappa shape index (κ2) is 7.69. The molecule has 1 aromatic rings. The topological polar surface area (TPSA) is 38.3 Å². The SMILES string of the molecule is C=CCN/C(C)=C\C(=O)Oc1ccc(CC)cc1S. The number of allylic oxidation sites excluding steroid dienone is 1. The number of rotatable bonds is 6. The fourth-order valence-electron chi connectivity index (χ4n) is 1.47. The first-order valence-electron chi connectivity index (χ1n) is 6.13. The smallest absolute Gasteiger partial charge is 0.337 e. The highest BCUT2D eigenvalue weighted by molar-refractivity contribution is 7.80. The van der Waals surface area contributed by atoms with Crippen LogP contribution in [-0.4, -0.2) is 12.5 Å². The van der Waals surface area contributed by atoms with Crippen molar-refractivity contribution < 1.29 is 9.53 Å². The molecule has 102 valence electrons. The molecule has 0 bridgehead atoms. The molecule has 3 nitrogen and oxygen atoms in total. The van der Waals surface area contributed by atoms with Gasteiger partial charge in [-0.15, -0.1) is 19.2 Å². The molecule has 0 spiro atoms. The lowest BCUT2D eigenvalue weighted by Gasteiger charge is -2.07. The van der Waals surface area contributed by atoms with E-state index in [9.17, 15) is 4.79 Å². The average molecular weight is 277 g/mol. The van der Waals surface area contributed by atoms with Crippen LogP contribution >= 0.6 is 12.6 Å². The van der Waals surface area contributed by atoms with Gasteiger partial charge < -0.3 is 10.1 Å². The normalized spacial score (nSPS) is 11.0. The van der Waals surface area contributed by atoms with E-state index in [1.54, 1.807) is 19.1 Å². The maximum Gasteiger partial charge on any atom is 0.337 e. The highest BCUT2D eigenvalue weighted by atomic mass is 32.1. The van der Waals surface area contributed by atoms with Gasteiger partial charge in [0.1, 0.15) is 5.75 Å². The molecule has 4 heteroatoms. The van der Waals surface area contributed by atoms with Crippen LogP contribution in [-0.2, 0) is 11.2 Å². The molecule has 1 rings (SSSR count). The summed E-state index contributed by atoms with van der Waals surface area (Å²) in [6.45, 7) is 8.06. The molecule has 0 aliphatic rings. The molecule has 1 N–H and O–H groups in total. The summed E-state index contributed by atoms with van der Waals surface area (Å²) in [5, 5.41) is 3.00. The standard InChI is InChI=1S/C15H19NO2S/c1-4-8-16-11(3)9-15(17)18-13-7-6-12(5-2)10-14(13)19/h4,6-7,9-10,16,19H,1,5,8H2,2-3H3/b11-9-. The zero-order valence-corrected chi connectivity index (χ0v) is 12.2. The molecule has 0 unspecified atom stereocenters. The summed E-state index contributed by atoms with van der Waals surface area (Å²) >= 11 is 4.32. The number of hydrogen-bond donors (Lipinski definition) is 2. The Labute approximate surface area is 119 Å². The van der Waals surface area contributed by atoms with Gasteiger partial charge in [-0.1, -0.05) is 19.1 Å². The monoisotopic (exact) mass is 277 g/mol. The molecule has 0 aromatic heterocycles. The van der Waals surface area contributed by atoms with Gasteiger partial charge in [0.15, 0.2) is 0 Å². The Hall–Kier alpha value is -1.68. The van der Waals surface area contributed by atoms with Gasteiger partial charge in [0.05, 0.1) is 0 Å². The molecule has 0 fully saturated rings. The van der Waals surface area contributed by atoms with Gasteiger partial charge in [0.2, 0.25) is 0 Å². The van der Waals surface area contributed by atoms with Crippen molar-refractivity contribution in [2.75, 3.05) is 6.54 Å². The second-order valence-electron chi connectivity index (χ2n) is 4.07. The fourth-order valence-corrected chi connectivity index (χ4v) is 1.75. The Bertz CT molecular complexity index is 495. The fraction of sp³-hybridized carbons (Fsp3) is 0.267. The van der Waals surface area contributed by atoms with Gasteiger partial charge >= 0.3 is 5.97 Å². The Balaban J connectivity index is 2.69. The third kappa shape index (κ3) is 5.22. The first-order chi connectivity index (χ1) is 9.06. The average Bonchev–Trinajstić information content (AvgIpc) is 2.38. The number of carbonyl (C=O) groups excluding carboxylic acids is 1. The predicted molar refractivity (Wildman–Crippen MR) is 80.7 cm³/mol. The number of esters is 1. The van der Waals surface area contributed by atoms with E-state index < -0.39 is 5.97 Å². The summed E-state index contributed by atoms with van der Waals surface area (Å²) in [5.74, 6) is 0.0481. The molecule has 0 aliphatic heterocycles. The van der Waals surface area contributed by atoms with E-state index >= 15 is 0 Å². The van der Waals surface area contributed by atoms with Crippen molar-refractivity contribution in [2.24, 2.45) is 0 Å². The first-order valence-corrected chi connectivity index (χ1v) is 6.58. The first kappa shape index (κ1) is 15.4. The number of nitrogens with one attached hydrogen (secondary N) is 1. The van der Waals surface area contributed by atoms with E-state index in [0.717, 1.165) is 17.7 Å². The van der Waals surface area contributed by atoms with Crippen LogP contribution in [0.15, 0.2) is 47.5 Å². The maximum atomic E-state index is 11.7. The summed E-state index contributed by atoms with van der Waals surface area (Å²) in [4.78, 5) is 12.4. The second-order valence-corrected chi connectivity index (χ2v) is 4.56. The van der Waals surface area contributed by atoms with Crippen LogP contribution in [0.5, 0.6) is 5.75 Å². The van der Waals surface area contributed by atoms with Crippen LogP contribution in [0.1, 0.15) is 19.4 Å². The van der Waals surface area contributed by atoms with Gasteiger partial charge in [0.25, 0.3) is 0 Å². The zero-order chi connectivity index (χ0) is 14.3. The molecule has 1 aromatic carbocycles. The van der Waals surface area contributed by atoms with Crippen molar-refractivity contribution in [1.82, 2.24) is 5.32 Å². The molecule has 0 saturated carbocycles. The number of carbonyl (C=O) groups is 1. The van der Waals surface area contributed by atoms with E-state index in [0.29, 0.717) is 17.2 Å². The van der Waals surface area contributed by atoms with Gasteiger partial charge in [-0.3, -0.25) is 0 Å². The maximum absolute atomic E-state index is 11.7. The van der Waals surface area contributed by atoms with Crippen LogP contribution in [0.3, 0.4) is 0 Å². The Morgan fingerprint density at radius 2 is 2.26 bits per heavy atom. The van der Waals surface area contributed by atoms with Crippen LogP contribution in [0.25, 0.3) is 0 Å². The number of benzene rings is 1. The summed E-state index contributed by atoms with van der Waals surface area (Å²) in [6, 6.07) is 5.59. The van der Waals surface area contributed by atoms with E-state index in [1.807, 2.05) is 12.1 Å². The Morgan fingerprint density at radius 1 is 1.53 bits per heavy atom. The van der Waals surface area contributed by atoms with Crippen LogP contribution in [0.2, 0.25) is 0 Å². The van der Waals surface area contributed by atoms with Crippen molar-refractivity contribution in [3.8, 4) is 5.75 Å². The number of ether oxygens (including phenoxy) is 1. The zero-order valence-electron chi connectivity index (χ0n) is 11.3. The molecular weight excluding hydrogens is 258 g/mol. The summed E-state index contributed by atoms with van der Waals surface area (Å²) in [5.41, 5.74) is 1.89. The minimum Gasteiger partial charge on any atom is -0.422 e. The van der Waals surface area contributed by atoms with Crippen molar-refractivity contribution in [3.05, 3.63) is 48.2 Å². The lowest BCUT2D eigenvalue weighted by molar-refractivity contribution is -0.129. The highest BCUT2D eigenvalue weighted by Crippen LogP contribution is 2.24. The van der Waals surface area contributed by atoms with Gasteiger partial charge in [-0.05, 0) is 31.0 Å². The number of aryl methyl sites for hydroxylation is 1. The molecule has 0 heterocycles. The summed E-state index contributed by atoms with van der Waals surface area (Å²) < 4.78 is 5.24. The lowest BCUT2D eigenvalue weighted by atomic mass is 10.2. The van der Waals surface area contributed by atoms with Crippen molar-refractivity contribution in [2.45, 2.75) is 25.2 Å². The molecule has 0 saturated heterocycles. The molecule has 0 radical (unpaired) electrons. The minimum atomic E-state index is -0.423. The quantitative estimate of drug-likeness (QED) is 0.276.